The van der Waals surface area contributed by atoms with E-state index in [1.807, 2.05) is 41.9 Å². The molecule has 116 valence electrons. The molecule has 1 aliphatic heterocycles. The third-order valence-corrected chi connectivity index (χ3v) is 4.30. The fraction of sp³-hybridized carbons (Fsp3) is 0.167. The third kappa shape index (κ3) is 2.15. The summed E-state index contributed by atoms with van der Waals surface area (Å²) in [6.45, 7) is 0.302. The van der Waals surface area contributed by atoms with Crippen molar-refractivity contribution in [3.8, 4) is 11.3 Å². The fourth-order valence-corrected chi connectivity index (χ4v) is 3.15. The van der Waals surface area contributed by atoms with Crippen LogP contribution in [0, 0.1) is 0 Å². The van der Waals surface area contributed by atoms with Crippen molar-refractivity contribution in [1.82, 2.24) is 4.57 Å². The molecule has 0 saturated heterocycles. The minimum atomic E-state index is -4.36. The van der Waals surface area contributed by atoms with Gasteiger partial charge in [0.05, 0.1) is 12.1 Å². The third-order valence-electron chi connectivity index (χ3n) is 4.30. The van der Waals surface area contributed by atoms with E-state index in [1.54, 1.807) is 6.21 Å². The maximum Gasteiger partial charge on any atom is 0.416 e. The molecule has 0 radical (unpaired) electrons. The van der Waals surface area contributed by atoms with Gasteiger partial charge in [0.2, 0.25) is 0 Å². The number of rotatable bonds is 1. The lowest BCUT2D eigenvalue weighted by molar-refractivity contribution is -0.137. The first kappa shape index (κ1) is 14.1. The highest BCUT2D eigenvalue weighted by Crippen LogP contribution is 2.38. The van der Waals surface area contributed by atoms with Crippen LogP contribution in [0.2, 0.25) is 0 Å². The molecule has 0 fully saturated rings. The van der Waals surface area contributed by atoms with Crippen LogP contribution < -0.4 is 0 Å². The van der Waals surface area contributed by atoms with E-state index in [2.05, 4.69) is 4.99 Å². The van der Waals surface area contributed by atoms with Crippen LogP contribution in [0.4, 0.5) is 13.2 Å². The van der Waals surface area contributed by atoms with Gasteiger partial charge in [0.1, 0.15) is 0 Å². The Kier molecular flexibility index (Phi) is 2.88. The van der Waals surface area contributed by atoms with Crippen LogP contribution in [0.1, 0.15) is 16.7 Å². The van der Waals surface area contributed by atoms with Gasteiger partial charge in [-0.25, -0.2) is 0 Å². The minimum Gasteiger partial charge on any atom is -0.344 e. The van der Waals surface area contributed by atoms with E-state index < -0.39 is 11.7 Å². The second kappa shape index (κ2) is 4.72. The number of aromatic nitrogens is 1. The SMILES string of the molecule is Cn1c(-c2cc(C(F)(F)F)cc3c2C=NC3)cc2ccccc21. The molecule has 23 heavy (non-hydrogen) atoms. The van der Waals surface area contributed by atoms with Gasteiger partial charge < -0.3 is 4.57 Å². The zero-order valence-electron chi connectivity index (χ0n) is 12.4. The maximum atomic E-state index is 13.2. The predicted molar refractivity (Wildman–Crippen MR) is 84.7 cm³/mol. The molecule has 3 aromatic rings. The number of fused-ring (bicyclic) bond motifs is 2. The number of hydrogen-bond donors (Lipinski definition) is 0. The minimum absolute atomic E-state index is 0.302. The lowest BCUT2D eigenvalue weighted by atomic mass is 9.97. The van der Waals surface area contributed by atoms with E-state index in [0.717, 1.165) is 22.2 Å². The lowest BCUT2D eigenvalue weighted by Crippen LogP contribution is -2.07. The number of halogens is 3. The summed E-state index contributed by atoms with van der Waals surface area (Å²) >= 11 is 0. The van der Waals surface area contributed by atoms with Crippen LogP contribution in [0.25, 0.3) is 22.2 Å². The molecule has 0 atom stereocenters. The Balaban J connectivity index is 2.02. The van der Waals surface area contributed by atoms with Crippen molar-refractivity contribution in [2.24, 2.45) is 12.0 Å². The van der Waals surface area contributed by atoms with Gasteiger partial charge in [-0.1, -0.05) is 18.2 Å². The molecular formula is C18H13F3N2. The summed E-state index contributed by atoms with van der Waals surface area (Å²) < 4.78 is 41.6. The van der Waals surface area contributed by atoms with E-state index in [-0.39, 0.29) is 0 Å². The molecule has 0 bridgehead atoms. The number of aryl methyl sites for hydroxylation is 1. The van der Waals surface area contributed by atoms with Gasteiger partial charge in [0, 0.05) is 41.0 Å². The highest BCUT2D eigenvalue weighted by Gasteiger charge is 2.33. The van der Waals surface area contributed by atoms with Crippen molar-refractivity contribution in [3.05, 3.63) is 59.2 Å². The summed E-state index contributed by atoms with van der Waals surface area (Å²) in [6.07, 6.45) is -2.69. The smallest absolute Gasteiger partial charge is 0.344 e. The standard InChI is InChI=1S/C18H13F3N2/c1-23-16-5-3-2-4-11(16)7-17(23)14-8-13(18(19,20)21)6-12-9-22-10-15(12)14/h2-8,10H,9H2,1H3. The van der Waals surface area contributed by atoms with Crippen molar-refractivity contribution in [1.29, 1.82) is 0 Å². The van der Waals surface area contributed by atoms with Crippen LogP contribution in [0.15, 0.2) is 47.5 Å². The normalized spacial score (nSPS) is 13.7. The Morgan fingerprint density at radius 2 is 1.87 bits per heavy atom. The molecule has 0 amide bonds. The number of hydrogen-bond acceptors (Lipinski definition) is 1. The summed E-state index contributed by atoms with van der Waals surface area (Å²) in [7, 11) is 1.87. The molecule has 0 spiro atoms. The average Bonchev–Trinajstić information content (AvgIpc) is 3.10. The van der Waals surface area contributed by atoms with Crippen LogP contribution >= 0.6 is 0 Å². The number of aliphatic imine (C=N–C) groups is 1. The van der Waals surface area contributed by atoms with Crippen LogP contribution in [-0.4, -0.2) is 10.8 Å². The monoisotopic (exact) mass is 314 g/mol. The first-order valence-corrected chi connectivity index (χ1v) is 7.24. The molecule has 5 heteroatoms. The first-order valence-electron chi connectivity index (χ1n) is 7.24. The quantitative estimate of drug-likeness (QED) is 0.614. The van der Waals surface area contributed by atoms with Gasteiger partial charge in [-0.3, -0.25) is 4.99 Å². The van der Waals surface area contributed by atoms with Gasteiger partial charge in [-0.05, 0) is 29.8 Å². The summed E-state index contributed by atoms with van der Waals surface area (Å²) in [5.41, 5.74) is 3.12. The zero-order chi connectivity index (χ0) is 16.2. The van der Waals surface area contributed by atoms with Gasteiger partial charge in [-0.15, -0.1) is 0 Å². The number of para-hydroxylation sites is 1. The highest BCUT2D eigenvalue weighted by molar-refractivity contribution is 5.96. The van der Waals surface area contributed by atoms with E-state index in [0.29, 0.717) is 17.7 Å². The van der Waals surface area contributed by atoms with Gasteiger partial charge in [0.25, 0.3) is 0 Å². The first-order chi connectivity index (χ1) is 10.9. The molecular weight excluding hydrogens is 301 g/mol. The fourth-order valence-electron chi connectivity index (χ4n) is 3.15. The van der Waals surface area contributed by atoms with Crippen LogP contribution in [0.5, 0.6) is 0 Å². The van der Waals surface area contributed by atoms with Crippen molar-refractivity contribution in [2.75, 3.05) is 0 Å². The summed E-state index contributed by atoms with van der Waals surface area (Å²) in [5, 5.41) is 1.01. The predicted octanol–water partition coefficient (Wildman–Crippen LogP) is 4.80. The van der Waals surface area contributed by atoms with E-state index >= 15 is 0 Å². The summed E-state index contributed by atoms with van der Waals surface area (Å²) in [6, 6.07) is 12.1. The average molecular weight is 314 g/mol. The van der Waals surface area contributed by atoms with Crippen molar-refractivity contribution in [3.63, 3.8) is 0 Å². The largest absolute Gasteiger partial charge is 0.416 e. The topological polar surface area (TPSA) is 17.3 Å². The highest BCUT2D eigenvalue weighted by atomic mass is 19.4. The molecule has 0 saturated carbocycles. The second-order valence-corrected chi connectivity index (χ2v) is 5.71. The molecule has 1 aliphatic rings. The molecule has 0 unspecified atom stereocenters. The zero-order valence-corrected chi connectivity index (χ0v) is 12.4. The second-order valence-electron chi connectivity index (χ2n) is 5.71. The van der Waals surface area contributed by atoms with Gasteiger partial charge in [-0.2, -0.15) is 13.2 Å². The number of nitrogens with zero attached hydrogens (tertiary/aromatic N) is 2. The lowest BCUT2D eigenvalue weighted by Gasteiger charge is -2.14. The van der Waals surface area contributed by atoms with E-state index in [1.165, 1.54) is 12.1 Å². The molecule has 0 N–H and O–H groups in total. The summed E-state index contributed by atoms with van der Waals surface area (Å²) in [4.78, 5) is 4.14. The molecule has 1 aromatic heterocycles. The number of benzene rings is 2. The maximum absolute atomic E-state index is 13.2. The molecule has 2 nitrogen and oxygen atoms in total. The summed E-state index contributed by atoms with van der Waals surface area (Å²) in [5.74, 6) is 0. The van der Waals surface area contributed by atoms with E-state index in [9.17, 15) is 13.2 Å². The Bertz CT molecular complexity index is 949. The Hall–Kier alpha value is -2.56. The molecule has 2 heterocycles. The Morgan fingerprint density at radius 3 is 2.61 bits per heavy atom. The van der Waals surface area contributed by atoms with E-state index in [4.69, 9.17) is 0 Å². The van der Waals surface area contributed by atoms with Crippen molar-refractivity contribution < 1.29 is 13.2 Å². The Labute approximate surface area is 130 Å². The number of alkyl halides is 3. The van der Waals surface area contributed by atoms with Gasteiger partial charge in [0.15, 0.2) is 0 Å². The molecule has 2 aromatic carbocycles. The van der Waals surface area contributed by atoms with Crippen LogP contribution in [0.3, 0.4) is 0 Å². The van der Waals surface area contributed by atoms with Gasteiger partial charge >= 0.3 is 6.18 Å². The van der Waals surface area contributed by atoms with Crippen molar-refractivity contribution in [2.45, 2.75) is 12.7 Å². The molecule has 0 aliphatic carbocycles. The Morgan fingerprint density at radius 1 is 1.09 bits per heavy atom. The molecule has 4 rings (SSSR count). The van der Waals surface area contributed by atoms with Crippen molar-refractivity contribution >= 4 is 17.1 Å². The van der Waals surface area contributed by atoms with Crippen LogP contribution in [-0.2, 0) is 19.8 Å².